The molecule has 1 aliphatic rings. The molecule has 1 aromatic carbocycles. The second-order valence-corrected chi connectivity index (χ2v) is 3.87. The van der Waals surface area contributed by atoms with Gasteiger partial charge in [0, 0.05) is 11.4 Å². The normalized spacial score (nSPS) is 18.2. The summed E-state index contributed by atoms with van der Waals surface area (Å²) in [6.07, 6.45) is 2.94. The molecule has 86 valence electrons. The van der Waals surface area contributed by atoms with Gasteiger partial charge in [0.25, 0.3) is 0 Å². The number of benzene rings is 1. The average Bonchev–Trinajstić information content (AvgIpc) is 2.78. The second kappa shape index (κ2) is 3.64. The molecule has 0 spiro atoms. The molecule has 1 unspecified atom stereocenters. The van der Waals surface area contributed by atoms with Crippen molar-refractivity contribution in [2.24, 2.45) is 10.7 Å². The van der Waals surface area contributed by atoms with Gasteiger partial charge < -0.3 is 20.8 Å². The van der Waals surface area contributed by atoms with Gasteiger partial charge in [0.1, 0.15) is 12.5 Å². The first kappa shape index (κ1) is 9.92. The summed E-state index contributed by atoms with van der Waals surface area (Å²) in [5, 5.41) is 0. The number of rotatable bonds is 1. The van der Waals surface area contributed by atoms with Crippen molar-refractivity contribution in [1.29, 1.82) is 0 Å². The molecule has 0 amide bonds. The van der Waals surface area contributed by atoms with Crippen LogP contribution in [0.5, 0.6) is 0 Å². The summed E-state index contributed by atoms with van der Waals surface area (Å²) >= 11 is 0. The molecule has 4 N–H and O–H groups in total. The molecule has 0 aliphatic carbocycles. The van der Waals surface area contributed by atoms with Gasteiger partial charge in [-0.15, -0.1) is 0 Å². The Morgan fingerprint density at radius 1 is 1.29 bits per heavy atom. The molecule has 0 radical (unpaired) electrons. The fourth-order valence-corrected chi connectivity index (χ4v) is 1.89. The molecule has 0 saturated carbocycles. The van der Waals surface area contributed by atoms with Gasteiger partial charge in [0.05, 0.1) is 11.8 Å². The largest absolute Gasteiger partial charge is 0.446 e. The van der Waals surface area contributed by atoms with Crippen LogP contribution in [0.25, 0.3) is 0 Å². The van der Waals surface area contributed by atoms with Gasteiger partial charge >= 0.3 is 0 Å². The maximum atomic E-state index is 6.15. The lowest BCUT2D eigenvalue weighted by atomic mass is 10.2. The fourth-order valence-electron chi connectivity index (χ4n) is 1.89. The topological polar surface area (TPSA) is 80.8 Å². The van der Waals surface area contributed by atoms with Crippen LogP contribution >= 0.6 is 0 Å². The number of nitrogen functional groups attached to an aromatic ring is 1. The first-order valence-electron chi connectivity index (χ1n) is 5.27. The summed E-state index contributed by atoms with van der Waals surface area (Å²) in [5.74, 6) is 0.567. The Kier molecular flexibility index (Phi) is 2.12. The Balaban J connectivity index is 2.01. The zero-order chi connectivity index (χ0) is 11.8. The Morgan fingerprint density at radius 3 is 3.00 bits per heavy atom. The number of hydrogen-bond donors (Lipinski definition) is 2. The van der Waals surface area contributed by atoms with E-state index in [2.05, 4.69) is 4.99 Å². The van der Waals surface area contributed by atoms with E-state index in [9.17, 15) is 0 Å². The van der Waals surface area contributed by atoms with E-state index in [-0.39, 0.29) is 6.17 Å². The summed E-state index contributed by atoms with van der Waals surface area (Å²) in [7, 11) is 0. The number of hydrogen-bond acceptors (Lipinski definition) is 5. The SMILES string of the molecule is Nc1cccc(N2C=Nc3occc3C2N)c1. The van der Waals surface area contributed by atoms with Crippen LogP contribution in [-0.2, 0) is 0 Å². The van der Waals surface area contributed by atoms with E-state index in [1.165, 1.54) is 0 Å². The van der Waals surface area contributed by atoms with Crippen LogP contribution in [0.4, 0.5) is 17.3 Å². The Morgan fingerprint density at radius 2 is 2.18 bits per heavy atom. The van der Waals surface area contributed by atoms with Gasteiger partial charge in [-0.2, -0.15) is 0 Å². The van der Waals surface area contributed by atoms with Crippen LogP contribution < -0.4 is 16.4 Å². The van der Waals surface area contributed by atoms with Crippen LogP contribution in [0.15, 0.2) is 46.0 Å². The van der Waals surface area contributed by atoms with E-state index in [0.29, 0.717) is 11.6 Å². The highest BCUT2D eigenvalue weighted by Gasteiger charge is 2.24. The number of nitrogens with two attached hydrogens (primary N) is 2. The van der Waals surface area contributed by atoms with Crippen molar-refractivity contribution in [1.82, 2.24) is 0 Å². The molecule has 1 atom stereocenters. The quantitative estimate of drug-likeness (QED) is 0.731. The highest BCUT2D eigenvalue weighted by Crippen LogP contribution is 2.33. The molecule has 2 heterocycles. The molecule has 0 bridgehead atoms. The third-order valence-corrected chi connectivity index (χ3v) is 2.76. The number of furan rings is 1. The summed E-state index contributed by atoms with van der Waals surface area (Å²) in [4.78, 5) is 6.06. The summed E-state index contributed by atoms with van der Waals surface area (Å²) in [6, 6.07) is 9.34. The predicted octanol–water partition coefficient (Wildman–Crippen LogP) is 2.00. The van der Waals surface area contributed by atoms with E-state index < -0.39 is 0 Å². The molecule has 2 aromatic rings. The molecule has 5 nitrogen and oxygen atoms in total. The maximum Gasteiger partial charge on any atom is 0.226 e. The van der Waals surface area contributed by atoms with E-state index in [0.717, 1.165) is 11.3 Å². The Hall–Kier alpha value is -2.27. The molecule has 1 aromatic heterocycles. The van der Waals surface area contributed by atoms with Gasteiger partial charge in [-0.3, -0.25) is 0 Å². The zero-order valence-electron chi connectivity index (χ0n) is 9.08. The van der Waals surface area contributed by atoms with Crippen LogP contribution in [0, 0.1) is 0 Å². The maximum absolute atomic E-state index is 6.15. The third-order valence-electron chi connectivity index (χ3n) is 2.76. The van der Waals surface area contributed by atoms with Crippen LogP contribution in [0.1, 0.15) is 11.7 Å². The van der Waals surface area contributed by atoms with Crippen LogP contribution in [0.3, 0.4) is 0 Å². The smallest absolute Gasteiger partial charge is 0.226 e. The van der Waals surface area contributed by atoms with E-state index in [1.54, 1.807) is 12.6 Å². The first-order valence-corrected chi connectivity index (χ1v) is 5.27. The lowest BCUT2D eigenvalue weighted by molar-refractivity contribution is 0.567. The predicted molar refractivity (Wildman–Crippen MR) is 67.1 cm³/mol. The van der Waals surface area contributed by atoms with Crippen LogP contribution in [-0.4, -0.2) is 6.34 Å². The molecule has 1 aliphatic heterocycles. The van der Waals surface area contributed by atoms with Gasteiger partial charge in [-0.1, -0.05) is 6.07 Å². The number of aliphatic imine (C=N–C) groups is 1. The van der Waals surface area contributed by atoms with Crippen molar-refractivity contribution in [2.45, 2.75) is 6.17 Å². The van der Waals surface area contributed by atoms with Crippen molar-refractivity contribution >= 4 is 23.6 Å². The van der Waals surface area contributed by atoms with Crippen molar-refractivity contribution < 1.29 is 4.42 Å². The minimum absolute atomic E-state index is 0.303. The Bertz CT molecular complexity index is 575. The van der Waals surface area contributed by atoms with Crippen molar-refractivity contribution in [3.05, 3.63) is 42.2 Å². The minimum Gasteiger partial charge on any atom is -0.446 e. The lowest BCUT2D eigenvalue weighted by Gasteiger charge is -2.28. The van der Waals surface area contributed by atoms with Crippen LogP contribution in [0.2, 0.25) is 0 Å². The molecule has 17 heavy (non-hydrogen) atoms. The fraction of sp³-hybridized carbons (Fsp3) is 0.0833. The van der Waals surface area contributed by atoms with Gasteiger partial charge in [-0.05, 0) is 24.3 Å². The molecular formula is C12H12N4O. The monoisotopic (exact) mass is 228 g/mol. The lowest BCUT2D eigenvalue weighted by Crippen LogP contribution is -2.35. The van der Waals surface area contributed by atoms with Gasteiger partial charge in [-0.25, -0.2) is 4.99 Å². The zero-order valence-corrected chi connectivity index (χ0v) is 9.08. The summed E-state index contributed by atoms with van der Waals surface area (Å²) in [5.41, 5.74) is 14.4. The number of anilines is 2. The number of fused-ring (bicyclic) bond motifs is 1. The Labute approximate surface area is 98.3 Å². The van der Waals surface area contributed by atoms with Gasteiger partial charge in [0.2, 0.25) is 5.88 Å². The highest BCUT2D eigenvalue weighted by molar-refractivity contribution is 5.85. The second-order valence-electron chi connectivity index (χ2n) is 3.87. The molecular weight excluding hydrogens is 216 g/mol. The van der Waals surface area contributed by atoms with E-state index in [4.69, 9.17) is 15.9 Å². The number of nitrogens with zero attached hydrogens (tertiary/aromatic N) is 2. The van der Waals surface area contributed by atoms with E-state index >= 15 is 0 Å². The molecule has 3 rings (SSSR count). The molecule has 0 saturated heterocycles. The van der Waals surface area contributed by atoms with Gasteiger partial charge in [0.15, 0.2) is 0 Å². The molecule has 0 fully saturated rings. The minimum atomic E-state index is -0.303. The standard InChI is InChI=1S/C12H12N4O/c13-8-2-1-3-9(6-8)16-7-15-12-10(11(16)14)4-5-17-12/h1-7,11H,13-14H2. The summed E-state index contributed by atoms with van der Waals surface area (Å²) in [6.45, 7) is 0. The van der Waals surface area contributed by atoms with Crippen molar-refractivity contribution in [2.75, 3.05) is 10.6 Å². The average molecular weight is 228 g/mol. The third kappa shape index (κ3) is 1.57. The summed E-state index contributed by atoms with van der Waals surface area (Å²) < 4.78 is 5.21. The first-order chi connectivity index (χ1) is 8.25. The molecule has 5 heteroatoms. The van der Waals surface area contributed by atoms with E-state index in [1.807, 2.05) is 35.2 Å². The highest BCUT2D eigenvalue weighted by atomic mass is 16.3. The van der Waals surface area contributed by atoms with Crippen molar-refractivity contribution in [3.63, 3.8) is 0 Å². The van der Waals surface area contributed by atoms with Crippen molar-refractivity contribution in [3.8, 4) is 0 Å².